The van der Waals surface area contributed by atoms with E-state index in [2.05, 4.69) is 5.32 Å². The average Bonchev–Trinajstić information content (AvgIpc) is 3.37. The Balaban J connectivity index is 1.60. The van der Waals surface area contributed by atoms with Gasteiger partial charge in [0, 0.05) is 41.0 Å². The van der Waals surface area contributed by atoms with E-state index in [-0.39, 0.29) is 29.7 Å². The Morgan fingerprint density at radius 2 is 1.54 bits per heavy atom. The van der Waals surface area contributed by atoms with Gasteiger partial charge < -0.3 is 15.0 Å². The molecule has 4 aromatic rings. The summed E-state index contributed by atoms with van der Waals surface area (Å²) >= 11 is 6.15. The van der Waals surface area contributed by atoms with Gasteiger partial charge in [-0.3, -0.25) is 9.59 Å². The number of ether oxygens (including phenoxy) is 1. The fourth-order valence-electron chi connectivity index (χ4n) is 4.64. The molecule has 1 aliphatic rings. The highest BCUT2D eigenvalue weighted by Crippen LogP contribution is 2.27. The zero-order valence-corrected chi connectivity index (χ0v) is 22.5. The lowest BCUT2D eigenvalue weighted by molar-refractivity contribution is -0.139. The number of amides is 2. The maximum atomic E-state index is 13.9. The summed E-state index contributed by atoms with van der Waals surface area (Å²) in [6, 6.07) is 25.9. The third-order valence-corrected chi connectivity index (χ3v) is 6.65. The van der Waals surface area contributed by atoms with Crippen molar-refractivity contribution in [2.24, 2.45) is 0 Å². The van der Waals surface area contributed by atoms with Crippen molar-refractivity contribution < 1.29 is 14.3 Å². The summed E-state index contributed by atoms with van der Waals surface area (Å²) in [7, 11) is 0. The van der Waals surface area contributed by atoms with Crippen molar-refractivity contribution in [2.75, 3.05) is 13.1 Å². The van der Waals surface area contributed by atoms with Crippen molar-refractivity contribution in [2.45, 2.75) is 26.1 Å². The summed E-state index contributed by atoms with van der Waals surface area (Å²) in [6.07, 6.45) is 3.32. The first-order valence-corrected chi connectivity index (χ1v) is 13.2. The molecule has 198 valence electrons. The molecule has 5 rings (SSSR count). The van der Waals surface area contributed by atoms with Gasteiger partial charge in [0.1, 0.15) is 11.4 Å². The van der Waals surface area contributed by atoms with Crippen molar-refractivity contribution in [3.05, 3.63) is 113 Å². The van der Waals surface area contributed by atoms with Gasteiger partial charge in [0.05, 0.1) is 17.9 Å². The first-order valence-electron chi connectivity index (χ1n) is 12.8. The van der Waals surface area contributed by atoms with E-state index >= 15 is 0 Å². The summed E-state index contributed by atoms with van der Waals surface area (Å²) < 4.78 is 7.59. The number of halogens is 1. The molecule has 2 atom stereocenters. The topological polar surface area (TPSA) is 76.5 Å². The van der Waals surface area contributed by atoms with Crippen molar-refractivity contribution in [1.82, 2.24) is 20.0 Å². The monoisotopic (exact) mass is 540 g/mol. The molecule has 0 unspecified atom stereocenters. The lowest BCUT2D eigenvalue weighted by Gasteiger charge is -2.35. The lowest BCUT2D eigenvalue weighted by atomic mass is 10.1. The molecule has 1 fully saturated rings. The minimum atomic E-state index is -0.368. The number of nitrogens with one attached hydrogen (secondary N) is 1. The van der Waals surface area contributed by atoms with Crippen molar-refractivity contribution >= 4 is 29.5 Å². The molecule has 1 aromatic heterocycles. The zero-order chi connectivity index (χ0) is 27.4. The molecule has 39 heavy (non-hydrogen) atoms. The van der Waals surface area contributed by atoms with E-state index < -0.39 is 0 Å². The van der Waals surface area contributed by atoms with E-state index in [0.717, 1.165) is 11.3 Å². The fraction of sp³-hybridized carbons (Fsp3) is 0.194. The highest BCUT2D eigenvalue weighted by Gasteiger charge is 2.29. The molecule has 0 aliphatic carbocycles. The van der Waals surface area contributed by atoms with Gasteiger partial charge in [-0.25, -0.2) is 4.68 Å². The molecule has 0 radical (unpaired) electrons. The Kier molecular flexibility index (Phi) is 7.91. The number of nitrogens with zero attached hydrogens (tertiary/aromatic N) is 3. The van der Waals surface area contributed by atoms with Crippen LogP contribution >= 0.6 is 11.6 Å². The van der Waals surface area contributed by atoms with E-state index in [0.29, 0.717) is 34.9 Å². The van der Waals surface area contributed by atoms with Crippen molar-refractivity contribution in [3.8, 4) is 16.9 Å². The van der Waals surface area contributed by atoms with E-state index in [1.54, 1.807) is 52.1 Å². The second-order valence-electron chi connectivity index (χ2n) is 9.57. The van der Waals surface area contributed by atoms with Crippen LogP contribution in [-0.2, 0) is 9.53 Å². The predicted molar refractivity (Wildman–Crippen MR) is 152 cm³/mol. The number of benzene rings is 3. The second kappa shape index (κ2) is 11.7. The molecule has 0 saturated carbocycles. The van der Waals surface area contributed by atoms with Gasteiger partial charge in [0.15, 0.2) is 0 Å². The van der Waals surface area contributed by atoms with Crippen LogP contribution < -0.4 is 5.32 Å². The molecule has 1 saturated heterocycles. The quantitative estimate of drug-likeness (QED) is 0.323. The maximum absolute atomic E-state index is 13.9. The van der Waals surface area contributed by atoms with E-state index in [1.165, 1.54) is 0 Å². The maximum Gasteiger partial charge on any atom is 0.270 e. The summed E-state index contributed by atoms with van der Waals surface area (Å²) in [4.78, 5) is 28.8. The van der Waals surface area contributed by atoms with Gasteiger partial charge in [-0.15, -0.1) is 0 Å². The highest BCUT2D eigenvalue weighted by atomic mass is 35.5. The number of hydrogen-bond donors (Lipinski definition) is 1. The van der Waals surface area contributed by atoms with Crippen molar-refractivity contribution in [3.63, 3.8) is 0 Å². The van der Waals surface area contributed by atoms with Gasteiger partial charge >= 0.3 is 0 Å². The summed E-state index contributed by atoms with van der Waals surface area (Å²) in [5, 5.41) is 8.33. The second-order valence-corrected chi connectivity index (χ2v) is 10.0. The Morgan fingerprint density at radius 1 is 0.923 bits per heavy atom. The van der Waals surface area contributed by atoms with Crippen LogP contribution in [0, 0.1) is 0 Å². The van der Waals surface area contributed by atoms with E-state index in [4.69, 9.17) is 21.4 Å². The zero-order valence-electron chi connectivity index (χ0n) is 21.8. The molecule has 1 N–H and O–H groups in total. The standard InChI is InChI=1S/C31H29ClN4O3/c1-21-18-35(19-22(2)39-21)31(38)28(33-30(37)24-9-5-3-6-10-24)17-25-20-36(27-11-7-4-8-12-27)34-29(25)23-13-15-26(32)16-14-23/h3-17,20-22H,18-19H2,1-2H3,(H,33,37)/b28-17-/t21-,22-/m0/s1. The minimum Gasteiger partial charge on any atom is -0.372 e. The summed E-state index contributed by atoms with van der Waals surface area (Å²) in [5.41, 5.74) is 3.64. The van der Waals surface area contributed by atoms with Gasteiger partial charge in [0.2, 0.25) is 0 Å². The van der Waals surface area contributed by atoms with E-state index in [1.807, 2.05) is 68.6 Å². The largest absolute Gasteiger partial charge is 0.372 e. The molecule has 1 aliphatic heterocycles. The van der Waals surface area contributed by atoms with Crippen LogP contribution in [0.1, 0.15) is 29.8 Å². The number of rotatable bonds is 6. The Hall–Kier alpha value is -4.20. The predicted octanol–water partition coefficient (Wildman–Crippen LogP) is 5.60. The molecule has 0 spiro atoms. The number of carbonyl (C=O) groups excluding carboxylic acids is 2. The third kappa shape index (κ3) is 6.28. The summed E-state index contributed by atoms with van der Waals surface area (Å²) in [5.74, 6) is -0.649. The lowest BCUT2D eigenvalue weighted by Crippen LogP contribution is -2.50. The van der Waals surface area contributed by atoms with Crippen LogP contribution in [0.3, 0.4) is 0 Å². The van der Waals surface area contributed by atoms with Gasteiger partial charge in [-0.2, -0.15) is 5.10 Å². The van der Waals surface area contributed by atoms with Gasteiger partial charge in [-0.1, -0.05) is 60.1 Å². The fourth-order valence-corrected chi connectivity index (χ4v) is 4.77. The van der Waals surface area contributed by atoms with Crippen LogP contribution in [0.25, 0.3) is 23.0 Å². The number of para-hydroxylation sites is 1. The molecule has 0 bridgehead atoms. The minimum absolute atomic E-state index is 0.116. The molecule has 8 heteroatoms. The smallest absolute Gasteiger partial charge is 0.270 e. The van der Waals surface area contributed by atoms with Crippen LogP contribution in [0.2, 0.25) is 5.02 Å². The van der Waals surface area contributed by atoms with Crippen LogP contribution in [-0.4, -0.2) is 51.8 Å². The molecular formula is C31H29ClN4O3. The van der Waals surface area contributed by atoms with Crippen molar-refractivity contribution in [1.29, 1.82) is 0 Å². The molecule has 3 aromatic carbocycles. The Labute approximate surface area is 232 Å². The van der Waals surface area contributed by atoms with Crippen LogP contribution in [0.5, 0.6) is 0 Å². The molecule has 7 nitrogen and oxygen atoms in total. The summed E-state index contributed by atoms with van der Waals surface area (Å²) in [6.45, 7) is 4.72. The van der Waals surface area contributed by atoms with E-state index in [9.17, 15) is 9.59 Å². The number of aromatic nitrogens is 2. The first kappa shape index (κ1) is 26.4. The SMILES string of the molecule is C[C@H]1CN(C(=O)/C(=C/c2cn(-c3ccccc3)nc2-c2ccc(Cl)cc2)NC(=O)c2ccccc2)C[C@H](C)O1. The molecule has 2 heterocycles. The molecule has 2 amide bonds. The van der Waals surface area contributed by atoms with Crippen LogP contribution in [0.15, 0.2) is 96.8 Å². The van der Waals surface area contributed by atoms with Crippen LogP contribution in [0.4, 0.5) is 0 Å². The highest BCUT2D eigenvalue weighted by molar-refractivity contribution is 6.30. The molecular weight excluding hydrogens is 512 g/mol. The number of morpholine rings is 1. The van der Waals surface area contributed by atoms with Gasteiger partial charge in [-0.05, 0) is 56.3 Å². The number of carbonyl (C=O) groups is 2. The van der Waals surface area contributed by atoms with Gasteiger partial charge in [0.25, 0.3) is 11.8 Å². The normalized spacial score (nSPS) is 17.6. The number of hydrogen-bond acceptors (Lipinski definition) is 4. The average molecular weight is 541 g/mol. The Morgan fingerprint density at radius 3 is 2.18 bits per heavy atom. The third-order valence-electron chi connectivity index (χ3n) is 6.40. The first-order chi connectivity index (χ1) is 18.9. The Bertz CT molecular complexity index is 1470.